The Hall–Kier alpha value is -1.62. The molecular weight excluding hydrogens is 266 g/mol. The predicted octanol–water partition coefficient (Wildman–Crippen LogP) is 2.21. The van der Waals surface area contributed by atoms with E-state index in [1.807, 2.05) is 11.0 Å². The van der Waals surface area contributed by atoms with E-state index in [4.69, 9.17) is 10.5 Å². The van der Waals surface area contributed by atoms with Gasteiger partial charge in [-0.15, -0.1) is 0 Å². The Morgan fingerprint density at radius 1 is 1.43 bits per heavy atom. The first-order valence-electron chi connectivity index (χ1n) is 7.41. The number of rotatable bonds is 2. The van der Waals surface area contributed by atoms with Gasteiger partial charge in [-0.05, 0) is 25.0 Å². The minimum atomic E-state index is -0.138. The maximum absolute atomic E-state index is 12.7. The van der Waals surface area contributed by atoms with Crippen LogP contribution in [0.15, 0.2) is 12.1 Å². The third-order valence-corrected chi connectivity index (χ3v) is 3.86. The summed E-state index contributed by atoms with van der Waals surface area (Å²) >= 11 is 0. The highest BCUT2D eigenvalue weighted by molar-refractivity contribution is 5.95. The SMILES string of the molecule is COC1CCCN(C(=O)c2cc(N)nc(C(C)(C)C)c2)C1. The number of anilines is 1. The number of pyridine rings is 1. The summed E-state index contributed by atoms with van der Waals surface area (Å²) in [6.45, 7) is 7.59. The molecule has 1 amide bonds. The second-order valence-electron chi connectivity index (χ2n) is 6.67. The number of hydrogen-bond acceptors (Lipinski definition) is 4. The molecule has 1 aliphatic rings. The summed E-state index contributed by atoms with van der Waals surface area (Å²) < 4.78 is 5.38. The molecule has 2 N–H and O–H groups in total. The summed E-state index contributed by atoms with van der Waals surface area (Å²) in [4.78, 5) is 18.9. The molecular formula is C16H25N3O2. The lowest BCUT2D eigenvalue weighted by molar-refractivity contribution is 0.0269. The number of nitrogen functional groups attached to an aromatic ring is 1. The lowest BCUT2D eigenvalue weighted by Crippen LogP contribution is -2.43. The zero-order valence-corrected chi connectivity index (χ0v) is 13.3. The van der Waals surface area contributed by atoms with Crippen LogP contribution in [0.5, 0.6) is 0 Å². The Labute approximate surface area is 126 Å². The van der Waals surface area contributed by atoms with Gasteiger partial charge in [-0.1, -0.05) is 20.8 Å². The minimum Gasteiger partial charge on any atom is -0.384 e. The molecule has 2 heterocycles. The second-order valence-corrected chi connectivity index (χ2v) is 6.67. The number of ether oxygens (including phenoxy) is 1. The van der Waals surface area contributed by atoms with Crippen LogP contribution in [0.3, 0.4) is 0 Å². The summed E-state index contributed by atoms with van der Waals surface area (Å²) in [5.74, 6) is 0.405. The summed E-state index contributed by atoms with van der Waals surface area (Å²) in [5, 5.41) is 0. The standard InChI is InChI=1S/C16H25N3O2/c1-16(2,3)13-8-11(9-14(17)18-13)15(20)19-7-5-6-12(10-19)21-4/h8-9,12H,5-7,10H2,1-4H3,(H2,17,18). The Bertz CT molecular complexity index is 523. The van der Waals surface area contributed by atoms with E-state index in [1.54, 1.807) is 13.2 Å². The molecule has 2 rings (SSSR count). The van der Waals surface area contributed by atoms with Gasteiger partial charge in [-0.25, -0.2) is 4.98 Å². The van der Waals surface area contributed by atoms with Crippen LogP contribution in [-0.2, 0) is 10.2 Å². The van der Waals surface area contributed by atoms with Crippen molar-refractivity contribution in [1.82, 2.24) is 9.88 Å². The van der Waals surface area contributed by atoms with E-state index < -0.39 is 0 Å². The average molecular weight is 291 g/mol. The van der Waals surface area contributed by atoms with Crippen LogP contribution in [0, 0.1) is 0 Å². The van der Waals surface area contributed by atoms with Crippen LogP contribution < -0.4 is 5.73 Å². The first kappa shape index (κ1) is 15.8. The van der Waals surface area contributed by atoms with E-state index in [0.29, 0.717) is 17.9 Å². The first-order chi connectivity index (χ1) is 9.81. The molecule has 0 saturated carbocycles. The molecule has 1 aromatic heterocycles. The van der Waals surface area contributed by atoms with Crippen molar-refractivity contribution in [3.63, 3.8) is 0 Å². The van der Waals surface area contributed by atoms with Crippen LogP contribution in [0.4, 0.5) is 5.82 Å². The predicted molar refractivity (Wildman–Crippen MR) is 83.3 cm³/mol. The van der Waals surface area contributed by atoms with Crippen molar-refractivity contribution in [2.75, 3.05) is 25.9 Å². The molecule has 0 spiro atoms. The number of nitrogens with zero attached hydrogens (tertiary/aromatic N) is 2. The highest BCUT2D eigenvalue weighted by Gasteiger charge is 2.26. The third kappa shape index (κ3) is 3.73. The molecule has 21 heavy (non-hydrogen) atoms. The molecule has 1 fully saturated rings. The van der Waals surface area contributed by atoms with Crippen LogP contribution >= 0.6 is 0 Å². The van der Waals surface area contributed by atoms with Crippen LogP contribution in [0.1, 0.15) is 49.7 Å². The number of aromatic nitrogens is 1. The number of amides is 1. The zero-order chi connectivity index (χ0) is 15.6. The highest BCUT2D eigenvalue weighted by Crippen LogP contribution is 2.24. The summed E-state index contributed by atoms with van der Waals surface area (Å²) in [7, 11) is 1.70. The van der Waals surface area contributed by atoms with Crippen LogP contribution in [0.2, 0.25) is 0 Å². The van der Waals surface area contributed by atoms with Crippen molar-refractivity contribution in [2.45, 2.75) is 45.1 Å². The van der Waals surface area contributed by atoms with Crippen molar-refractivity contribution < 1.29 is 9.53 Å². The van der Waals surface area contributed by atoms with E-state index in [2.05, 4.69) is 25.8 Å². The Morgan fingerprint density at radius 3 is 2.76 bits per heavy atom. The number of piperidine rings is 1. The van der Waals surface area contributed by atoms with Gasteiger partial charge >= 0.3 is 0 Å². The molecule has 5 heteroatoms. The number of likely N-dealkylation sites (tertiary alicyclic amines) is 1. The Balaban J connectivity index is 2.25. The molecule has 1 atom stereocenters. The van der Waals surface area contributed by atoms with Gasteiger partial charge in [-0.3, -0.25) is 4.79 Å². The summed E-state index contributed by atoms with van der Waals surface area (Å²) in [5.41, 5.74) is 7.19. The summed E-state index contributed by atoms with van der Waals surface area (Å²) in [6.07, 6.45) is 2.10. The zero-order valence-electron chi connectivity index (χ0n) is 13.3. The molecule has 0 aromatic carbocycles. The quantitative estimate of drug-likeness (QED) is 0.907. The maximum atomic E-state index is 12.7. The first-order valence-corrected chi connectivity index (χ1v) is 7.41. The molecule has 0 radical (unpaired) electrons. The molecule has 1 unspecified atom stereocenters. The highest BCUT2D eigenvalue weighted by atomic mass is 16.5. The number of carbonyl (C=O) groups is 1. The van der Waals surface area contributed by atoms with E-state index in [-0.39, 0.29) is 17.4 Å². The molecule has 1 aliphatic heterocycles. The van der Waals surface area contributed by atoms with Crippen LogP contribution in [0.25, 0.3) is 0 Å². The van der Waals surface area contributed by atoms with Crippen molar-refractivity contribution in [2.24, 2.45) is 0 Å². The molecule has 116 valence electrons. The Morgan fingerprint density at radius 2 is 2.14 bits per heavy atom. The molecule has 5 nitrogen and oxygen atoms in total. The van der Waals surface area contributed by atoms with Gasteiger partial charge in [0, 0.05) is 36.9 Å². The molecule has 1 aromatic rings. The number of methoxy groups -OCH3 is 1. The smallest absolute Gasteiger partial charge is 0.254 e. The van der Waals surface area contributed by atoms with E-state index in [9.17, 15) is 4.79 Å². The van der Waals surface area contributed by atoms with Gasteiger partial charge in [0.25, 0.3) is 5.91 Å². The fraction of sp³-hybridized carbons (Fsp3) is 0.625. The average Bonchev–Trinajstić information content (AvgIpc) is 2.45. The van der Waals surface area contributed by atoms with Crippen molar-refractivity contribution >= 4 is 11.7 Å². The van der Waals surface area contributed by atoms with Gasteiger partial charge in [0.2, 0.25) is 0 Å². The monoisotopic (exact) mass is 291 g/mol. The van der Waals surface area contributed by atoms with E-state index in [0.717, 1.165) is 25.1 Å². The van der Waals surface area contributed by atoms with Crippen molar-refractivity contribution in [1.29, 1.82) is 0 Å². The molecule has 0 bridgehead atoms. The van der Waals surface area contributed by atoms with Crippen LogP contribution in [-0.4, -0.2) is 42.1 Å². The topological polar surface area (TPSA) is 68.5 Å². The second kappa shape index (κ2) is 6.02. The fourth-order valence-corrected chi connectivity index (χ4v) is 2.56. The normalized spacial score (nSPS) is 19.6. The van der Waals surface area contributed by atoms with Gasteiger partial charge in [-0.2, -0.15) is 0 Å². The van der Waals surface area contributed by atoms with Gasteiger partial charge in [0.1, 0.15) is 5.82 Å². The largest absolute Gasteiger partial charge is 0.384 e. The van der Waals surface area contributed by atoms with E-state index in [1.165, 1.54) is 0 Å². The maximum Gasteiger partial charge on any atom is 0.254 e. The van der Waals surface area contributed by atoms with Gasteiger partial charge < -0.3 is 15.4 Å². The Kier molecular flexibility index (Phi) is 4.52. The summed E-state index contributed by atoms with van der Waals surface area (Å²) in [6, 6.07) is 3.52. The fourth-order valence-electron chi connectivity index (χ4n) is 2.56. The molecule has 0 aliphatic carbocycles. The van der Waals surface area contributed by atoms with Crippen molar-refractivity contribution in [3.8, 4) is 0 Å². The number of hydrogen-bond donors (Lipinski definition) is 1. The van der Waals surface area contributed by atoms with Crippen molar-refractivity contribution in [3.05, 3.63) is 23.4 Å². The molecule has 1 saturated heterocycles. The van der Waals surface area contributed by atoms with Gasteiger partial charge in [0.15, 0.2) is 0 Å². The third-order valence-electron chi connectivity index (χ3n) is 3.86. The lowest BCUT2D eigenvalue weighted by Gasteiger charge is -2.32. The number of carbonyl (C=O) groups excluding carboxylic acids is 1. The number of nitrogens with two attached hydrogens (primary N) is 1. The van der Waals surface area contributed by atoms with E-state index >= 15 is 0 Å². The lowest BCUT2D eigenvalue weighted by atomic mass is 9.90. The minimum absolute atomic E-state index is 0.0105. The van der Waals surface area contributed by atoms with Gasteiger partial charge in [0.05, 0.1) is 6.10 Å².